The number of pyridine rings is 2. The number of nitrogens with one attached hydrogen (secondary N) is 1. The van der Waals surface area contributed by atoms with Gasteiger partial charge in [-0.3, -0.25) is 14.4 Å². The van der Waals surface area contributed by atoms with E-state index in [2.05, 4.69) is 10.3 Å². The third-order valence-electron chi connectivity index (χ3n) is 6.53. The number of carboxylic acid groups (broad SMARTS) is 1. The summed E-state index contributed by atoms with van der Waals surface area (Å²) >= 11 is 0. The summed E-state index contributed by atoms with van der Waals surface area (Å²) in [5.41, 5.74) is 2.91. The van der Waals surface area contributed by atoms with Crippen LogP contribution in [0.15, 0.2) is 77.9 Å². The van der Waals surface area contributed by atoms with Crippen molar-refractivity contribution in [2.75, 3.05) is 0 Å². The highest BCUT2D eigenvalue weighted by atomic mass is 16.4. The molecule has 2 aromatic carbocycles. The average molecular weight is 482 g/mol. The molecule has 1 fully saturated rings. The Bertz CT molecular complexity index is 1550. The van der Waals surface area contributed by atoms with Crippen LogP contribution in [0.3, 0.4) is 0 Å². The molecule has 2 aromatic heterocycles. The molecule has 2 heterocycles. The standard InChI is InChI=1S/C29H27N3O4/c1-29(2,28(35)36)16-18-6-3-7-19(14-18)20-8-4-9-22(15-20)32-17-24(27(34)31-21-11-12-21)25(33)23-10-5-13-30-26(23)32/h3-10,13-15,17,21H,11-12,16H2,1-2H3,(H,31,34)(H,35,36). The van der Waals surface area contributed by atoms with E-state index in [1.54, 1.807) is 42.9 Å². The topological polar surface area (TPSA) is 101 Å². The second-order valence-corrected chi connectivity index (χ2v) is 9.98. The number of hydrogen-bond acceptors (Lipinski definition) is 4. The molecule has 0 radical (unpaired) electrons. The summed E-state index contributed by atoms with van der Waals surface area (Å²) in [6.07, 6.45) is 5.46. The van der Waals surface area contributed by atoms with Crippen molar-refractivity contribution in [1.82, 2.24) is 14.9 Å². The van der Waals surface area contributed by atoms with Crippen LogP contribution in [0.2, 0.25) is 0 Å². The molecule has 36 heavy (non-hydrogen) atoms. The molecule has 1 aliphatic carbocycles. The molecule has 7 nitrogen and oxygen atoms in total. The van der Waals surface area contributed by atoms with Crippen LogP contribution < -0.4 is 10.7 Å². The Balaban J connectivity index is 1.58. The minimum absolute atomic E-state index is 0.0886. The first kappa shape index (κ1) is 23.5. The lowest BCUT2D eigenvalue weighted by molar-refractivity contribution is -0.146. The molecule has 1 saturated carbocycles. The molecule has 7 heteroatoms. The Kier molecular flexibility index (Phi) is 5.92. The number of carbonyl (C=O) groups excluding carboxylic acids is 1. The highest BCUT2D eigenvalue weighted by Crippen LogP contribution is 2.28. The number of aromatic nitrogens is 2. The number of carboxylic acids is 1. The predicted molar refractivity (Wildman–Crippen MR) is 138 cm³/mol. The molecule has 0 spiro atoms. The highest BCUT2D eigenvalue weighted by Gasteiger charge is 2.28. The second kappa shape index (κ2) is 9.07. The van der Waals surface area contributed by atoms with E-state index in [0.29, 0.717) is 17.5 Å². The molecule has 0 bridgehead atoms. The van der Waals surface area contributed by atoms with Gasteiger partial charge in [0.15, 0.2) is 0 Å². The largest absolute Gasteiger partial charge is 0.481 e. The van der Waals surface area contributed by atoms with Gasteiger partial charge in [-0.15, -0.1) is 0 Å². The fourth-order valence-electron chi connectivity index (χ4n) is 4.29. The van der Waals surface area contributed by atoms with Crippen molar-refractivity contribution in [1.29, 1.82) is 0 Å². The maximum atomic E-state index is 13.1. The molecule has 1 amide bonds. The van der Waals surface area contributed by atoms with E-state index in [0.717, 1.165) is 35.2 Å². The van der Waals surface area contributed by atoms with Crippen LogP contribution in [-0.4, -0.2) is 32.6 Å². The number of rotatable bonds is 7. The molecule has 2 N–H and O–H groups in total. The fourth-order valence-corrected chi connectivity index (χ4v) is 4.29. The number of nitrogens with zero attached hydrogens (tertiary/aromatic N) is 2. The smallest absolute Gasteiger partial charge is 0.309 e. The number of aliphatic carboxylic acids is 1. The fraction of sp³-hybridized carbons (Fsp3) is 0.241. The molecule has 1 aliphatic rings. The molecular weight excluding hydrogens is 454 g/mol. The first-order valence-electron chi connectivity index (χ1n) is 12.0. The van der Waals surface area contributed by atoms with Crippen LogP contribution in [0.25, 0.3) is 27.8 Å². The number of amides is 1. The maximum Gasteiger partial charge on any atom is 0.309 e. The monoisotopic (exact) mass is 481 g/mol. The molecule has 4 aromatic rings. The summed E-state index contributed by atoms with van der Waals surface area (Å²) in [7, 11) is 0. The van der Waals surface area contributed by atoms with Crippen LogP contribution in [0, 0.1) is 5.41 Å². The third-order valence-corrected chi connectivity index (χ3v) is 6.53. The van der Waals surface area contributed by atoms with Crippen molar-refractivity contribution in [3.05, 3.63) is 94.4 Å². The van der Waals surface area contributed by atoms with Crippen LogP contribution >= 0.6 is 0 Å². The van der Waals surface area contributed by atoms with Crippen LogP contribution in [-0.2, 0) is 11.2 Å². The van der Waals surface area contributed by atoms with Gasteiger partial charge in [0.25, 0.3) is 5.91 Å². The Morgan fingerprint density at radius 3 is 2.50 bits per heavy atom. The maximum absolute atomic E-state index is 13.1. The lowest BCUT2D eigenvalue weighted by Gasteiger charge is -2.19. The third kappa shape index (κ3) is 4.64. The number of hydrogen-bond donors (Lipinski definition) is 2. The van der Waals surface area contributed by atoms with Gasteiger partial charge >= 0.3 is 5.97 Å². The second-order valence-electron chi connectivity index (χ2n) is 9.98. The predicted octanol–water partition coefficient (Wildman–Crippen LogP) is 4.60. The van der Waals surface area contributed by atoms with Gasteiger partial charge in [0.1, 0.15) is 11.2 Å². The molecule has 182 valence electrons. The lowest BCUT2D eigenvalue weighted by Crippen LogP contribution is -2.31. The van der Waals surface area contributed by atoms with Gasteiger partial charge in [-0.25, -0.2) is 4.98 Å². The highest BCUT2D eigenvalue weighted by molar-refractivity contribution is 5.97. The molecule has 5 rings (SSSR count). The minimum atomic E-state index is -0.877. The van der Waals surface area contributed by atoms with E-state index < -0.39 is 11.4 Å². The Morgan fingerprint density at radius 2 is 1.78 bits per heavy atom. The first-order chi connectivity index (χ1) is 17.2. The quantitative estimate of drug-likeness (QED) is 0.402. The minimum Gasteiger partial charge on any atom is -0.481 e. The lowest BCUT2D eigenvalue weighted by atomic mass is 9.85. The molecular formula is C29H27N3O4. The zero-order chi connectivity index (χ0) is 25.4. The van der Waals surface area contributed by atoms with Crippen molar-refractivity contribution < 1.29 is 14.7 Å². The van der Waals surface area contributed by atoms with Crippen molar-refractivity contribution in [3.63, 3.8) is 0 Å². The van der Waals surface area contributed by atoms with E-state index in [4.69, 9.17) is 0 Å². The zero-order valence-electron chi connectivity index (χ0n) is 20.2. The molecule has 0 atom stereocenters. The number of carbonyl (C=O) groups is 2. The zero-order valence-corrected chi connectivity index (χ0v) is 20.2. The normalized spacial score (nSPS) is 13.5. The summed E-state index contributed by atoms with van der Waals surface area (Å²) < 4.78 is 1.78. The van der Waals surface area contributed by atoms with Gasteiger partial charge in [-0.1, -0.05) is 36.4 Å². The van der Waals surface area contributed by atoms with Crippen molar-refractivity contribution in [3.8, 4) is 16.8 Å². The van der Waals surface area contributed by atoms with Gasteiger partial charge in [0, 0.05) is 24.1 Å². The van der Waals surface area contributed by atoms with E-state index in [1.807, 2.05) is 48.5 Å². The van der Waals surface area contributed by atoms with E-state index >= 15 is 0 Å². The van der Waals surface area contributed by atoms with E-state index in [1.165, 1.54) is 0 Å². The van der Waals surface area contributed by atoms with Crippen molar-refractivity contribution in [2.45, 2.75) is 39.2 Å². The Morgan fingerprint density at radius 1 is 1.06 bits per heavy atom. The van der Waals surface area contributed by atoms with Crippen LogP contribution in [0.1, 0.15) is 42.6 Å². The summed E-state index contributed by atoms with van der Waals surface area (Å²) in [4.78, 5) is 42.0. The molecule has 0 aliphatic heterocycles. The Labute approximate surface area is 208 Å². The van der Waals surface area contributed by atoms with Crippen LogP contribution in [0.4, 0.5) is 0 Å². The summed E-state index contributed by atoms with van der Waals surface area (Å²) in [5.74, 6) is -1.21. The first-order valence-corrected chi connectivity index (χ1v) is 12.0. The van der Waals surface area contributed by atoms with Gasteiger partial charge in [-0.05, 0) is 74.1 Å². The van der Waals surface area contributed by atoms with Crippen LogP contribution in [0.5, 0.6) is 0 Å². The van der Waals surface area contributed by atoms with Gasteiger partial charge in [0.05, 0.1) is 10.8 Å². The van der Waals surface area contributed by atoms with Gasteiger partial charge in [0.2, 0.25) is 5.43 Å². The summed E-state index contributed by atoms with van der Waals surface area (Å²) in [6.45, 7) is 3.43. The molecule has 0 unspecified atom stereocenters. The number of fused-ring (bicyclic) bond motifs is 1. The van der Waals surface area contributed by atoms with Gasteiger partial charge in [-0.2, -0.15) is 0 Å². The summed E-state index contributed by atoms with van der Waals surface area (Å²) in [6, 6.07) is 19.1. The summed E-state index contributed by atoms with van der Waals surface area (Å²) in [5, 5.41) is 12.8. The molecule has 0 saturated heterocycles. The van der Waals surface area contributed by atoms with E-state index in [-0.39, 0.29) is 22.9 Å². The number of benzene rings is 2. The van der Waals surface area contributed by atoms with Gasteiger partial charge < -0.3 is 15.0 Å². The Hall–Kier alpha value is -4.26. The average Bonchev–Trinajstić information content (AvgIpc) is 3.68. The van der Waals surface area contributed by atoms with E-state index in [9.17, 15) is 19.5 Å². The van der Waals surface area contributed by atoms with Crippen molar-refractivity contribution in [2.24, 2.45) is 5.41 Å². The van der Waals surface area contributed by atoms with Crippen molar-refractivity contribution >= 4 is 22.9 Å². The SMILES string of the molecule is CC(C)(Cc1cccc(-c2cccc(-n3cc(C(=O)NC4CC4)c(=O)c4cccnc43)c2)c1)C(=O)O.